The zero-order valence-electron chi connectivity index (χ0n) is 27.9. The molecule has 0 nitrogen and oxygen atoms in total. The monoisotopic (exact) mass is 664 g/mol. The van der Waals surface area contributed by atoms with Gasteiger partial charge in [-0.05, 0) is 101 Å². The lowest BCUT2D eigenvalue weighted by molar-refractivity contribution is 1.62. The Kier molecular flexibility index (Phi) is 7.11. The molecule has 0 aliphatic heterocycles. The Bertz CT molecular complexity index is 2880. The highest BCUT2D eigenvalue weighted by atomic mass is 32.1. The van der Waals surface area contributed by atoms with Crippen molar-refractivity contribution >= 4 is 53.1 Å². The summed E-state index contributed by atoms with van der Waals surface area (Å²) in [7, 11) is 0. The van der Waals surface area contributed by atoms with E-state index in [-0.39, 0.29) is 0 Å². The Hall–Kier alpha value is -6.28. The van der Waals surface area contributed by atoms with Crippen LogP contribution in [0.15, 0.2) is 194 Å². The molecule has 0 N–H and O–H groups in total. The van der Waals surface area contributed by atoms with Crippen LogP contribution in [0.25, 0.3) is 97.4 Å². The lowest BCUT2D eigenvalue weighted by Crippen LogP contribution is -1.91. The van der Waals surface area contributed by atoms with E-state index in [1.807, 2.05) is 11.3 Å². The molecule has 51 heavy (non-hydrogen) atoms. The molecule has 1 heteroatoms. The maximum Gasteiger partial charge on any atom is 0.0433 e. The molecule has 0 saturated carbocycles. The summed E-state index contributed by atoms with van der Waals surface area (Å²) in [5, 5.41) is 7.71. The van der Waals surface area contributed by atoms with Crippen molar-refractivity contribution in [2.45, 2.75) is 0 Å². The van der Waals surface area contributed by atoms with Crippen molar-refractivity contribution in [3.63, 3.8) is 0 Å². The summed E-state index contributed by atoms with van der Waals surface area (Å²) in [4.78, 5) is 0. The summed E-state index contributed by atoms with van der Waals surface area (Å²) < 4.78 is 2.65. The van der Waals surface area contributed by atoms with Gasteiger partial charge in [0.1, 0.15) is 0 Å². The van der Waals surface area contributed by atoms with E-state index >= 15 is 0 Å². The van der Waals surface area contributed by atoms with Crippen LogP contribution in [0.4, 0.5) is 0 Å². The molecule has 0 amide bonds. The molecule has 10 rings (SSSR count). The minimum absolute atomic E-state index is 1.21. The fraction of sp³-hybridized carbons (Fsp3) is 0. The van der Waals surface area contributed by atoms with Crippen LogP contribution in [0.1, 0.15) is 0 Å². The zero-order chi connectivity index (χ0) is 33.7. The first kappa shape index (κ1) is 29.6. The van der Waals surface area contributed by atoms with Crippen LogP contribution in [0.3, 0.4) is 0 Å². The zero-order valence-corrected chi connectivity index (χ0v) is 28.7. The fourth-order valence-electron chi connectivity index (χ4n) is 7.89. The van der Waals surface area contributed by atoms with Crippen molar-refractivity contribution in [1.29, 1.82) is 0 Å². The normalized spacial score (nSPS) is 11.5. The van der Waals surface area contributed by atoms with Crippen LogP contribution in [-0.4, -0.2) is 0 Å². The van der Waals surface area contributed by atoms with Crippen LogP contribution < -0.4 is 0 Å². The van der Waals surface area contributed by atoms with E-state index in [4.69, 9.17) is 0 Å². The molecule has 238 valence electrons. The second-order valence-electron chi connectivity index (χ2n) is 13.2. The molecule has 0 spiro atoms. The largest absolute Gasteiger partial charge is 0.135 e. The summed E-state index contributed by atoms with van der Waals surface area (Å²) in [6, 6.07) is 71.1. The van der Waals surface area contributed by atoms with Crippen molar-refractivity contribution < 1.29 is 0 Å². The Morgan fingerprint density at radius 3 is 1.43 bits per heavy atom. The van der Waals surface area contributed by atoms with E-state index in [1.54, 1.807) is 0 Å². The predicted molar refractivity (Wildman–Crippen MR) is 222 cm³/mol. The Labute approximate surface area is 301 Å². The van der Waals surface area contributed by atoms with Gasteiger partial charge in [-0.2, -0.15) is 0 Å². The third-order valence-electron chi connectivity index (χ3n) is 10.3. The van der Waals surface area contributed by atoms with E-state index in [1.165, 1.54) is 97.4 Å². The molecule has 0 unspecified atom stereocenters. The third kappa shape index (κ3) is 5.05. The van der Waals surface area contributed by atoms with Gasteiger partial charge in [-0.25, -0.2) is 0 Å². The van der Waals surface area contributed by atoms with Crippen LogP contribution >= 0.6 is 11.3 Å². The standard InChI is InChI=1S/C50H32S/c1-4-14-33(15-5-1)37-27-29-47-45(31-37)44-25-13-24-40(50(44)51-47)39-21-12-20-36(30-39)38-26-28-43-46(32-38)49(35-18-8-3-9-19-35)42-23-11-10-22-41(42)48(43)34-16-6-2-7-17-34/h1-32H. The van der Waals surface area contributed by atoms with Gasteiger partial charge < -0.3 is 0 Å². The van der Waals surface area contributed by atoms with Crippen molar-refractivity contribution in [2.24, 2.45) is 0 Å². The molecule has 1 heterocycles. The molecule has 0 atom stereocenters. The average molecular weight is 665 g/mol. The molecule has 0 fully saturated rings. The number of hydrogen-bond donors (Lipinski definition) is 0. The quantitative estimate of drug-likeness (QED) is 0.161. The maximum atomic E-state index is 2.42. The minimum atomic E-state index is 1.21. The van der Waals surface area contributed by atoms with Gasteiger partial charge in [0.25, 0.3) is 0 Å². The molecule has 0 aliphatic carbocycles. The third-order valence-corrected chi connectivity index (χ3v) is 11.5. The first-order chi connectivity index (χ1) is 25.3. The van der Waals surface area contributed by atoms with Gasteiger partial charge in [-0.3, -0.25) is 0 Å². The van der Waals surface area contributed by atoms with Gasteiger partial charge in [0.15, 0.2) is 0 Å². The molecular formula is C50H32S. The number of rotatable bonds is 5. The first-order valence-corrected chi connectivity index (χ1v) is 18.3. The lowest BCUT2D eigenvalue weighted by atomic mass is 9.85. The van der Waals surface area contributed by atoms with Crippen LogP contribution in [0, 0.1) is 0 Å². The second kappa shape index (κ2) is 12.2. The number of hydrogen-bond acceptors (Lipinski definition) is 1. The maximum absolute atomic E-state index is 2.42. The van der Waals surface area contributed by atoms with Gasteiger partial charge in [0.05, 0.1) is 0 Å². The molecular weight excluding hydrogens is 633 g/mol. The number of fused-ring (bicyclic) bond motifs is 5. The smallest absolute Gasteiger partial charge is 0.0433 e. The van der Waals surface area contributed by atoms with Crippen LogP contribution in [0.2, 0.25) is 0 Å². The molecule has 0 bridgehead atoms. The molecule has 10 aromatic rings. The summed E-state index contributed by atoms with van der Waals surface area (Å²) in [6.45, 7) is 0. The molecule has 9 aromatic carbocycles. The van der Waals surface area contributed by atoms with Gasteiger partial charge in [-0.1, -0.05) is 170 Å². The van der Waals surface area contributed by atoms with Gasteiger partial charge >= 0.3 is 0 Å². The summed E-state index contributed by atoms with van der Waals surface area (Å²) in [6.07, 6.45) is 0. The van der Waals surface area contributed by atoms with Crippen LogP contribution in [0.5, 0.6) is 0 Å². The van der Waals surface area contributed by atoms with Crippen LogP contribution in [-0.2, 0) is 0 Å². The van der Waals surface area contributed by atoms with Crippen molar-refractivity contribution in [2.75, 3.05) is 0 Å². The Morgan fingerprint density at radius 1 is 0.255 bits per heavy atom. The van der Waals surface area contributed by atoms with E-state index in [0.717, 1.165) is 0 Å². The summed E-state index contributed by atoms with van der Waals surface area (Å²) in [5.41, 5.74) is 12.5. The van der Waals surface area contributed by atoms with E-state index < -0.39 is 0 Å². The van der Waals surface area contributed by atoms with Gasteiger partial charge in [0.2, 0.25) is 0 Å². The summed E-state index contributed by atoms with van der Waals surface area (Å²) in [5.74, 6) is 0. The minimum Gasteiger partial charge on any atom is -0.135 e. The van der Waals surface area contributed by atoms with Gasteiger partial charge in [0, 0.05) is 20.2 Å². The van der Waals surface area contributed by atoms with Crippen molar-refractivity contribution in [3.05, 3.63) is 194 Å². The number of benzene rings is 9. The van der Waals surface area contributed by atoms with Crippen molar-refractivity contribution in [3.8, 4) is 55.6 Å². The number of thiophene rings is 1. The fourth-order valence-corrected chi connectivity index (χ4v) is 9.11. The van der Waals surface area contributed by atoms with E-state index in [0.29, 0.717) is 0 Å². The molecule has 0 aliphatic rings. The van der Waals surface area contributed by atoms with Crippen molar-refractivity contribution in [1.82, 2.24) is 0 Å². The Morgan fingerprint density at radius 2 is 0.725 bits per heavy atom. The van der Waals surface area contributed by atoms with Gasteiger partial charge in [-0.15, -0.1) is 11.3 Å². The highest BCUT2D eigenvalue weighted by Crippen LogP contribution is 2.46. The first-order valence-electron chi connectivity index (χ1n) is 17.5. The molecule has 0 radical (unpaired) electrons. The highest BCUT2D eigenvalue weighted by Gasteiger charge is 2.18. The topological polar surface area (TPSA) is 0 Å². The molecule has 0 saturated heterocycles. The molecule has 1 aromatic heterocycles. The summed E-state index contributed by atoms with van der Waals surface area (Å²) >= 11 is 1.89. The Balaban J connectivity index is 1.16. The predicted octanol–water partition coefficient (Wildman–Crippen LogP) is 14.7. The lowest BCUT2D eigenvalue weighted by Gasteiger charge is -2.19. The highest BCUT2D eigenvalue weighted by molar-refractivity contribution is 7.26. The second-order valence-corrected chi connectivity index (χ2v) is 14.3. The SMILES string of the molecule is c1ccc(-c2ccc3sc4c(-c5cccc(-c6ccc7c(-c8ccccc8)c8ccccc8c(-c8ccccc8)c7c6)c5)cccc4c3c2)cc1. The average Bonchev–Trinajstić information content (AvgIpc) is 3.59. The van der Waals surface area contributed by atoms with E-state index in [2.05, 4.69) is 194 Å². The van der Waals surface area contributed by atoms with E-state index in [9.17, 15) is 0 Å².